The molecule has 1 unspecified atom stereocenters. The number of nitro groups is 1. The van der Waals surface area contributed by atoms with Gasteiger partial charge in [-0.2, -0.15) is 0 Å². The molecule has 1 heterocycles. The van der Waals surface area contributed by atoms with Crippen molar-refractivity contribution in [3.05, 3.63) is 33.6 Å². The van der Waals surface area contributed by atoms with Crippen LogP contribution in [0.5, 0.6) is 5.75 Å². The highest BCUT2D eigenvalue weighted by Crippen LogP contribution is 2.35. The van der Waals surface area contributed by atoms with Gasteiger partial charge in [0.05, 0.1) is 18.1 Å². The van der Waals surface area contributed by atoms with Crippen LogP contribution in [0.1, 0.15) is 24.4 Å². The summed E-state index contributed by atoms with van der Waals surface area (Å²) in [7, 11) is 1.36. The summed E-state index contributed by atoms with van der Waals surface area (Å²) in [4.78, 5) is 10.1. The molecule has 0 radical (unpaired) electrons. The standard InChI is InChI=1S/C11H13FN2O3/c1-17-11-8(10-3-2-4-13-10)5-7(14(15)16)6-9(11)12/h5-6,10,13H,2-4H2,1H3. The van der Waals surface area contributed by atoms with E-state index >= 15 is 0 Å². The van der Waals surface area contributed by atoms with E-state index in [1.807, 2.05) is 0 Å². The predicted octanol–water partition coefficient (Wildman–Crippen LogP) is 2.17. The largest absolute Gasteiger partial charge is 0.493 e. The number of methoxy groups -OCH3 is 1. The second-order valence-corrected chi connectivity index (χ2v) is 3.96. The van der Waals surface area contributed by atoms with Crippen LogP contribution in [0.4, 0.5) is 10.1 Å². The summed E-state index contributed by atoms with van der Waals surface area (Å²) in [6.45, 7) is 0.831. The van der Waals surface area contributed by atoms with E-state index in [9.17, 15) is 14.5 Å². The van der Waals surface area contributed by atoms with Crippen LogP contribution in [-0.4, -0.2) is 18.6 Å². The van der Waals surface area contributed by atoms with Crippen LogP contribution in [0.2, 0.25) is 0 Å². The Kier molecular flexibility index (Phi) is 3.23. The molecule has 1 aromatic carbocycles. The number of hydrogen-bond acceptors (Lipinski definition) is 4. The Morgan fingerprint density at radius 1 is 1.59 bits per heavy atom. The fraction of sp³-hybridized carbons (Fsp3) is 0.455. The lowest BCUT2D eigenvalue weighted by atomic mass is 10.0. The van der Waals surface area contributed by atoms with Gasteiger partial charge in [-0.1, -0.05) is 0 Å². The van der Waals surface area contributed by atoms with E-state index < -0.39 is 10.7 Å². The number of nitrogens with one attached hydrogen (secondary N) is 1. The van der Waals surface area contributed by atoms with Gasteiger partial charge in [0.15, 0.2) is 11.6 Å². The lowest BCUT2D eigenvalue weighted by Gasteiger charge is -2.15. The molecule has 1 aliphatic rings. The van der Waals surface area contributed by atoms with Crippen molar-refractivity contribution in [2.24, 2.45) is 0 Å². The molecular weight excluding hydrogens is 227 g/mol. The number of nitrogens with zero attached hydrogens (tertiary/aromatic N) is 1. The maximum Gasteiger partial charge on any atom is 0.272 e. The van der Waals surface area contributed by atoms with Gasteiger partial charge in [-0.05, 0) is 19.4 Å². The lowest BCUT2D eigenvalue weighted by molar-refractivity contribution is -0.385. The maximum atomic E-state index is 13.7. The van der Waals surface area contributed by atoms with Crippen molar-refractivity contribution in [3.63, 3.8) is 0 Å². The summed E-state index contributed by atoms with van der Waals surface area (Å²) in [6, 6.07) is 2.20. The number of halogens is 1. The molecule has 1 aromatic rings. The molecular formula is C11H13FN2O3. The van der Waals surface area contributed by atoms with E-state index in [1.54, 1.807) is 0 Å². The van der Waals surface area contributed by atoms with Crippen molar-refractivity contribution in [1.29, 1.82) is 0 Å². The van der Waals surface area contributed by atoms with Crippen molar-refractivity contribution in [1.82, 2.24) is 5.32 Å². The third-order valence-corrected chi connectivity index (χ3v) is 2.91. The molecule has 17 heavy (non-hydrogen) atoms. The summed E-state index contributed by atoms with van der Waals surface area (Å²) < 4.78 is 18.7. The minimum absolute atomic E-state index is 0.0700. The van der Waals surface area contributed by atoms with Crippen molar-refractivity contribution in [2.45, 2.75) is 18.9 Å². The quantitative estimate of drug-likeness (QED) is 0.649. The second-order valence-electron chi connectivity index (χ2n) is 3.96. The minimum Gasteiger partial charge on any atom is -0.493 e. The molecule has 6 heteroatoms. The number of rotatable bonds is 3. The zero-order valence-corrected chi connectivity index (χ0v) is 9.40. The van der Waals surface area contributed by atoms with Crippen LogP contribution < -0.4 is 10.1 Å². The average Bonchev–Trinajstić information content (AvgIpc) is 2.81. The van der Waals surface area contributed by atoms with E-state index in [1.165, 1.54) is 13.2 Å². The summed E-state index contributed by atoms with van der Waals surface area (Å²) in [6.07, 6.45) is 1.80. The molecule has 0 spiro atoms. The first-order valence-electron chi connectivity index (χ1n) is 5.38. The topological polar surface area (TPSA) is 64.4 Å². The highest BCUT2D eigenvalue weighted by Gasteiger charge is 2.25. The van der Waals surface area contributed by atoms with Crippen molar-refractivity contribution >= 4 is 5.69 Å². The third kappa shape index (κ3) is 2.21. The van der Waals surface area contributed by atoms with Gasteiger partial charge >= 0.3 is 0 Å². The molecule has 1 aliphatic heterocycles. The number of benzene rings is 1. The van der Waals surface area contributed by atoms with Gasteiger partial charge < -0.3 is 10.1 Å². The van der Waals surface area contributed by atoms with E-state index in [0.29, 0.717) is 5.56 Å². The fourth-order valence-electron chi connectivity index (χ4n) is 2.13. The molecule has 1 atom stereocenters. The van der Waals surface area contributed by atoms with Gasteiger partial charge in [0.1, 0.15) is 0 Å². The summed E-state index contributed by atoms with van der Waals surface area (Å²) in [5, 5.41) is 13.9. The van der Waals surface area contributed by atoms with Gasteiger partial charge in [0, 0.05) is 17.7 Å². The van der Waals surface area contributed by atoms with Crippen molar-refractivity contribution < 1.29 is 14.1 Å². The van der Waals surface area contributed by atoms with Gasteiger partial charge in [-0.25, -0.2) is 4.39 Å². The SMILES string of the molecule is COc1c(F)cc([N+](=O)[O-])cc1C1CCCN1. The predicted molar refractivity (Wildman–Crippen MR) is 59.6 cm³/mol. The summed E-state index contributed by atoms with van der Waals surface area (Å²) in [5.41, 5.74) is 0.281. The smallest absolute Gasteiger partial charge is 0.272 e. The molecule has 0 saturated carbocycles. The minimum atomic E-state index is -0.689. The van der Waals surface area contributed by atoms with Crippen LogP contribution in [0.25, 0.3) is 0 Å². The highest BCUT2D eigenvalue weighted by atomic mass is 19.1. The van der Waals surface area contributed by atoms with E-state index in [2.05, 4.69) is 5.32 Å². The van der Waals surface area contributed by atoms with Crippen molar-refractivity contribution in [3.8, 4) is 5.75 Å². The van der Waals surface area contributed by atoms with Crippen LogP contribution >= 0.6 is 0 Å². The van der Waals surface area contributed by atoms with Crippen molar-refractivity contribution in [2.75, 3.05) is 13.7 Å². The van der Waals surface area contributed by atoms with Gasteiger partial charge in [0.2, 0.25) is 0 Å². The zero-order chi connectivity index (χ0) is 12.4. The number of nitro benzene ring substituents is 1. The van der Waals surface area contributed by atoms with Crippen LogP contribution in [0.15, 0.2) is 12.1 Å². The normalized spacial score (nSPS) is 19.3. The first-order valence-corrected chi connectivity index (χ1v) is 5.38. The number of ether oxygens (including phenoxy) is 1. The molecule has 0 bridgehead atoms. The van der Waals surface area contributed by atoms with Gasteiger partial charge in [-0.3, -0.25) is 10.1 Å². The first-order chi connectivity index (χ1) is 8.13. The number of hydrogen-bond donors (Lipinski definition) is 1. The Morgan fingerprint density at radius 2 is 2.35 bits per heavy atom. The fourth-order valence-corrected chi connectivity index (χ4v) is 2.13. The van der Waals surface area contributed by atoms with Crippen LogP contribution in [0.3, 0.4) is 0 Å². The van der Waals surface area contributed by atoms with Crippen LogP contribution in [-0.2, 0) is 0 Å². The molecule has 92 valence electrons. The molecule has 2 rings (SSSR count). The Balaban J connectivity index is 2.49. The Bertz CT molecular complexity index is 445. The molecule has 1 saturated heterocycles. The molecule has 0 aliphatic carbocycles. The molecule has 1 fully saturated rings. The Labute approximate surface area is 97.7 Å². The Hall–Kier alpha value is -1.69. The lowest BCUT2D eigenvalue weighted by Crippen LogP contribution is -2.14. The van der Waals surface area contributed by atoms with Gasteiger partial charge in [-0.15, -0.1) is 0 Å². The highest BCUT2D eigenvalue weighted by molar-refractivity contribution is 5.47. The van der Waals surface area contributed by atoms with E-state index in [0.717, 1.165) is 25.5 Å². The summed E-state index contributed by atoms with van der Waals surface area (Å²) >= 11 is 0. The van der Waals surface area contributed by atoms with Crippen LogP contribution in [0, 0.1) is 15.9 Å². The van der Waals surface area contributed by atoms with E-state index in [-0.39, 0.29) is 17.5 Å². The summed E-state index contributed by atoms with van der Waals surface area (Å²) in [5.74, 6) is -0.597. The van der Waals surface area contributed by atoms with E-state index in [4.69, 9.17) is 4.74 Å². The van der Waals surface area contributed by atoms with Gasteiger partial charge in [0.25, 0.3) is 5.69 Å². The second kappa shape index (κ2) is 4.67. The molecule has 5 nitrogen and oxygen atoms in total. The Morgan fingerprint density at radius 3 is 2.88 bits per heavy atom. The zero-order valence-electron chi connectivity index (χ0n) is 9.40. The number of non-ortho nitro benzene ring substituents is 1. The molecule has 0 amide bonds. The average molecular weight is 240 g/mol. The monoisotopic (exact) mass is 240 g/mol. The molecule has 0 aromatic heterocycles. The first kappa shape index (κ1) is 11.8. The maximum absolute atomic E-state index is 13.7. The third-order valence-electron chi connectivity index (χ3n) is 2.91. The molecule has 1 N–H and O–H groups in total.